The SMILES string of the molecule is NC(=O)c1cccc(C2C[C@H]3CC[C@@H](C2)N3CCN(CC2CCC2)C(=O)[C@H](O)CO)c1. The van der Waals surface area contributed by atoms with Crippen LogP contribution < -0.4 is 5.73 Å². The van der Waals surface area contributed by atoms with Crippen LogP contribution in [0.25, 0.3) is 0 Å². The van der Waals surface area contributed by atoms with Gasteiger partial charge in [-0.2, -0.15) is 0 Å². The van der Waals surface area contributed by atoms with Crippen molar-refractivity contribution in [1.82, 2.24) is 9.80 Å². The molecule has 7 heteroatoms. The number of carbonyl (C=O) groups excluding carboxylic acids is 2. The molecule has 0 aromatic heterocycles. The first-order valence-corrected chi connectivity index (χ1v) is 11.7. The molecule has 4 N–H and O–H groups in total. The van der Waals surface area contributed by atoms with Gasteiger partial charge in [-0.1, -0.05) is 18.6 Å². The maximum absolute atomic E-state index is 12.6. The quantitative estimate of drug-likeness (QED) is 0.551. The zero-order valence-corrected chi connectivity index (χ0v) is 18.2. The van der Waals surface area contributed by atoms with Crippen molar-refractivity contribution < 1.29 is 19.8 Å². The lowest BCUT2D eigenvalue weighted by atomic mass is 9.84. The van der Waals surface area contributed by atoms with Gasteiger partial charge in [0.15, 0.2) is 6.10 Å². The average molecular weight is 430 g/mol. The Morgan fingerprint density at radius 3 is 2.45 bits per heavy atom. The molecule has 1 aromatic carbocycles. The minimum atomic E-state index is -1.32. The second-order valence-corrected chi connectivity index (χ2v) is 9.56. The molecule has 4 atom stereocenters. The van der Waals surface area contributed by atoms with E-state index in [0.717, 1.165) is 45.1 Å². The zero-order valence-electron chi connectivity index (χ0n) is 18.2. The number of fused-ring (bicyclic) bond motifs is 2. The molecule has 3 fully saturated rings. The number of rotatable bonds is 9. The van der Waals surface area contributed by atoms with Crippen LogP contribution in [-0.4, -0.2) is 76.3 Å². The van der Waals surface area contributed by atoms with Crippen molar-refractivity contribution in [3.63, 3.8) is 0 Å². The number of aliphatic hydroxyl groups excluding tert-OH is 2. The van der Waals surface area contributed by atoms with E-state index < -0.39 is 12.7 Å². The van der Waals surface area contributed by atoms with Crippen LogP contribution in [0.5, 0.6) is 0 Å². The lowest BCUT2D eigenvalue weighted by Crippen LogP contribution is -2.50. The molecule has 0 spiro atoms. The van der Waals surface area contributed by atoms with Crippen LogP contribution in [0.1, 0.15) is 66.8 Å². The van der Waals surface area contributed by atoms with E-state index in [1.807, 2.05) is 12.1 Å². The summed E-state index contributed by atoms with van der Waals surface area (Å²) in [4.78, 5) is 28.5. The smallest absolute Gasteiger partial charge is 0.253 e. The van der Waals surface area contributed by atoms with Gasteiger partial charge in [0, 0.05) is 37.3 Å². The summed E-state index contributed by atoms with van der Waals surface area (Å²) in [5.74, 6) is 0.218. The van der Waals surface area contributed by atoms with E-state index >= 15 is 0 Å². The summed E-state index contributed by atoms with van der Waals surface area (Å²) in [6.45, 7) is 1.56. The minimum absolute atomic E-state index is 0.347. The Morgan fingerprint density at radius 1 is 1.16 bits per heavy atom. The third-order valence-corrected chi connectivity index (χ3v) is 7.63. The molecule has 4 rings (SSSR count). The van der Waals surface area contributed by atoms with Crippen LogP contribution in [0.3, 0.4) is 0 Å². The van der Waals surface area contributed by atoms with Crippen LogP contribution in [0, 0.1) is 5.92 Å². The van der Waals surface area contributed by atoms with Gasteiger partial charge in [-0.25, -0.2) is 0 Å². The minimum Gasteiger partial charge on any atom is -0.393 e. The van der Waals surface area contributed by atoms with E-state index in [1.165, 1.54) is 12.0 Å². The summed E-state index contributed by atoms with van der Waals surface area (Å²) >= 11 is 0. The van der Waals surface area contributed by atoms with Gasteiger partial charge in [-0.15, -0.1) is 0 Å². The number of primary amides is 1. The topological polar surface area (TPSA) is 107 Å². The van der Waals surface area contributed by atoms with Gasteiger partial charge < -0.3 is 20.8 Å². The summed E-state index contributed by atoms with van der Waals surface area (Å²) < 4.78 is 0. The molecule has 1 aliphatic carbocycles. The highest BCUT2D eigenvalue weighted by molar-refractivity contribution is 5.92. The standard InChI is InChI=1S/C24H35N3O4/c25-23(30)18-6-2-5-17(11-18)19-12-20-7-8-21(13-19)27(20)10-9-26(14-16-3-1-4-16)24(31)22(29)15-28/h2,5-6,11,16,19-22,28-29H,1,3-4,7-10,12-15H2,(H2,25,30)/t19?,20-,21+,22-/m1/s1. The molecule has 1 aromatic rings. The van der Waals surface area contributed by atoms with E-state index in [4.69, 9.17) is 5.73 Å². The molecular weight excluding hydrogens is 394 g/mol. The number of hydrogen-bond donors (Lipinski definition) is 3. The molecule has 3 aliphatic rings. The monoisotopic (exact) mass is 429 g/mol. The fourth-order valence-corrected chi connectivity index (χ4v) is 5.66. The van der Waals surface area contributed by atoms with Crippen molar-refractivity contribution in [3.05, 3.63) is 35.4 Å². The van der Waals surface area contributed by atoms with Crippen molar-refractivity contribution in [3.8, 4) is 0 Å². The van der Waals surface area contributed by atoms with Gasteiger partial charge in [0.2, 0.25) is 5.91 Å². The first-order valence-electron chi connectivity index (χ1n) is 11.7. The van der Waals surface area contributed by atoms with E-state index in [-0.39, 0.29) is 11.8 Å². The molecule has 170 valence electrons. The van der Waals surface area contributed by atoms with Gasteiger partial charge in [-0.05, 0) is 68.1 Å². The summed E-state index contributed by atoms with van der Waals surface area (Å²) in [5, 5.41) is 19.1. The number of carbonyl (C=O) groups is 2. The Balaban J connectivity index is 1.38. The first kappa shape index (κ1) is 22.2. The number of benzene rings is 1. The van der Waals surface area contributed by atoms with E-state index in [1.54, 1.807) is 11.0 Å². The molecular formula is C24H35N3O4. The van der Waals surface area contributed by atoms with Gasteiger partial charge in [0.05, 0.1) is 6.61 Å². The van der Waals surface area contributed by atoms with Crippen molar-refractivity contribution in [2.24, 2.45) is 11.7 Å². The molecule has 31 heavy (non-hydrogen) atoms. The molecule has 1 unspecified atom stereocenters. The Kier molecular flexibility index (Phi) is 6.94. The second-order valence-electron chi connectivity index (χ2n) is 9.56. The highest BCUT2D eigenvalue weighted by atomic mass is 16.3. The molecule has 2 heterocycles. The van der Waals surface area contributed by atoms with Gasteiger partial charge >= 0.3 is 0 Å². The largest absolute Gasteiger partial charge is 0.393 e. The van der Waals surface area contributed by atoms with E-state index in [0.29, 0.717) is 42.6 Å². The van der Waals surface area contributed by atoms with Crippen molar-refractivity contribution >= 4 is 11.8 Å². The van der Waals surface area contributed by atoms with Crippen molar-refractivity contribution in [2.75, 3.05) is 26.2 Å². The highest BCUT2D eigenvalue weighted by Crippen LogP contribution is 2.43. The number of nitrogens with two attached hydrogens (primary N) is 1. The Labute approximate surface area is 184 Å². The first-order chi connectivity index (χ1) is 15.0. The van der Waals surface area contributed by atoms with Crippen LogP contribution in [-0.2, 0) is 4.79 Å². The molecule has 1 saturated carbocycles. The molecule has 2 amide bonds. The number of aliphatic hydroxyl groups is 2. The predicted octanol–water partition coefficient (Wildman–Crippen LogP) is 1.48. The van der Waals surface area contributed by atoms with Gasteiger partial charge in [-0.3, -0.25) is 14.5 Å². The van der Waals surface area contributed by atoms with Crippen LogP contribution >= 0.6 is 0 Å². The fourth-order valence-electron chi connectivity index (χ4n) is 5.66. The second kappa shape index (κ2) is 9.67. The van der Waals surface area contributed by atoms with Gasteiger partial charge in [0.25, 0.3) is 5.91 Å². The predicted molar refractivity (Wildman–Crippen MR) is 117 cm³/mol. The Morgan fingerprint density at radius 2 is 1.87 bits per heavy atom. The molecule has 2 saturated heterocycles. The summed E-state index contributed by atoms with van der Waals surface area (Å²) in [6, 6.07) is 8.68. The van der Waals surface area contributed by atoms with Crippen LogP contribution in [0.15, 0.2) is 24.3 Å². The lowest BCUT2D eigenvalue weighted by molar-refractivity contribution is -0.143. The number of amides is 2. The molecule has 0 radical (unpaired) electrons. The lowest BCUT2D eigenvalue weighted by Gasteiger charge is -2.41. The normalized spacial score (nSPS) is 27.0. The van der Waals surface area contributed by atoms with Crippen molar-refractivity contribution in [1.29, 1.82) is 0 Å². The van der Waals surface area contributed by atoms with Gasteiger partial charge in [0.1, 0.15) is 0 Å². The fraction of sp³-hybridized carbons (Fsp3) is 0.667. The maximum Gasteiger partial charge on any atom is 0.253 e. The molecule has 2 aliphatic heterocycles. The van der Waals surface area contributed by atoms with Crippen LogP contribution in [0.4, 0.5) is 0 Å². The average Bonchev–Trinajstić information content (AvgIpc) is 2.98. The number of piperidine rings is 1. The van der Waals surface area contributed by atoms with E-state index in [2.05, 4.69) is 11.0 Å². The van der Waals surface area contributed by atoms with Crippen LogP contribution in [0.2, 0.25) is 0 Å². The zero-order chi connectivity index (χ0) is 22.0. The summed E-state index contributed by atoms with van der Waals surface area (Å²) in [6.07, 6.45) is 6.59. The maximum atomic E-state index is 12.6. The third-order valence-electron chi connectivity index (χ3n) is 7.63. The third kappa shape index (κ3) is 4.94. The number of nitrogens with zero attached hydrogens (tertiary/aromatic N) is 2. The number of hydrogen-bond acceptors (Lipinski definition) is 5. The Bertz CT molecular complexity index is 783. The molecule has 7 nitrogen and oxygen atoms in total. The van der Waals surface area contributed by atoms with Crippen molar-refractivity contribution in [2.45, 2.75) is 69.1 Å². The highest BCUT2D eigenvalue weighted by Gasteiger charge is 2.41. The summed E-state index contributed by atoms with van der Waals surface area (Å²) in [5.41, 5.74) is 7.22. The Hall–Kier alpha value is -1.96. The van der Waals surface area contributed by atoms with E-state index in [9.17, 15) is 19.8 Å². The summed E-state index contributed by atoms with van der Waals surface area (Å²) in [7, 11) is 0. The molecule has 2 bridgehead atoms.